The number of benzene rings is 10. The van der Waals surface area contributed by atoms with Crippen LogP contribution in [-0.4, -0.2) is 164 Å². The van der Waals surface area contributed by atoms with Crippen LogP contribution in [0.25, 0.3) is 0 Å². The van der Waals surface area contributed by atoms with Crippen LogP contribution < -0.4 is 76.7 Å². The minimum atomic E-state index is -0.0211. The summed E-state index contributed by atoms with van der Waals surface area (Å²) in [6.45, 7) is 39.2. The van der Waals surface area contributed by atoms with Gasteiger partial charge in [0, 0.05) is 100 Å². The summed E-state index contributed by atoms with van der Waals surface area (Å²) in [6.07, 6.45) is 0. The maximum absolute atomic E-state index is 6.18. The van der Waals surface area contributed by atoms with Gasteiger partial charge in [0.1, 0.15) is 28.7 Å². The van der Waals surface area contributed by atoms with E-state index in [2.05, 4.69) is 369 Å². The third-order valence-electron chi connectivity index (χ3n) is 19.4. The summed E-state index contributed by atoms with van der Waals surface area (Å²) in [4.78, 5) is 11.1. The molecule has 0 fully saturated rings. The van der Waals surface area contributed by atoms with E-state index in [9.17, 15) is 0 Å². The average molecular weight is 1770 g/mol. The molecule has 0 heterocycles. The Labute approximate surface area is 750 Å². The Kier molecular flexibility index (Phi) is 44.5. The first-order chi connectivity index (χ1) is 58.2. The predicted molar refractivity (Wildman–Crippen MR) is 536 cm³/mol. The Morgan fingerprint density at radius 2 is 0.553 bits per heavy atom. The van der Waals surface area contributed by atoms with Crippen molar-refractivity contribution in [3.8, 4) is 28.7 Å². The fourth-order valence-corrected chi connectivity index (χ4v) is 20.0. The van der Waals surface area contributed by atoms with Gasteiger partial charge >= 0.3 is 0 Å². The van der Waals surface area contributed by atoms with Gasteiger partial charge in [-0.15, -0.1) is 0 Å². The number of nitrogens with zero attached hydrogens (tertiary/aromatic N) is 5. The summed E-state index contributed by atoms with van der Waals surface area (Å²) in [6, 6.07) is 67.6. The van der Waals surface area contributed by atoms with Crippen molar-refractivity contribution in [1.82, 2.24) is 24.5 Å². The van der Waals surface area contributed by atoms with Crippen molar-refractivity contribution in [2.75, 3.05) is 140 Å². The van der Waals surface area contributed by atoms with Crippen LogP contribution in [0.5, 0.6) is 28.7 Å². The van der Waals surface area contributed by atoms with Crippen LogP contribution in [0.15, 0.2) is 188 Å². The zero-order valence-corrected chi connectivity index (χ0v) is 84.8. The summed E-state index contributed by atoms with van der Waals surface area (Å²) in [5.74, 6) is 4.69. The third kappa shape index (κ3) is 36.0. The maximum Gasteiger partial charge on any atom is 0.188 e. The highest BCUT2D eigenvalue weighted by Gasteiger charge is 2.28. The molecule has 0 saturated carbocycles. The highest BCUT2D eigenvalue weighted by Crippen LogP contribution is 2.39. The number of methoxy groups -OCH3 is 5. The second-order valence-electron chi connectivity index (χ2n) is 35.6. The number of aryl methyl sites for hydroxylation is 6. The van der Waals surface area contributed by atoms with Crippen molar-refractivity contribution in [2.45, 2.75) is 153 Å². The van der Waals surface area contributed by atoms with Gasteiger partial charge in [0.05, 0.1) is 0 Å². The molecule has 20 heteroatoms. The van der Waals surface area contributed by atoms with E-state index in [1.807, 2.05) is 18.2 Å². The molecule has 0 N–H and O–H groups in total. The number of rotatable bonds is 35. The van der Waals surface area contributed by atoms with Crippen LogP contribution in [0.1, 0.15) is 140 Å². The van der Waals surface area contributed by atoms with E-state index in [4.69, 9.17) is 47.4 Å². The van der Waals surface area contributed by atoms with Gasteiger partial charge < -0.3 is 71.9 Å². The van der Waals surface area contributed by atoms with Crippen molar-refractivity contribution in [1.29, 1.82) is 0 Å². The summed E-state index contributed by atoms with van der Waals surface area (Å²) >= 11 is 0. The summed E-state index contributed by atoms with van der Waals surface area (Å²) in [7, 11) is 32.1. The molecule has 10 aromatic carbocycles. The second kappa shape index (κ2) is 52.3. The molecule has 10 rings (SSSR count). The quantitative estimate of drug-likeness (QED) is 0.0278. The Morgan fingerprint density at radius 1 is 0.244 bits per heavy atom. The molecule has 0 amide bonds. The topological polar surface area (TPSA) is 109 Å². The lowest BCUT2D eigenvalue weighted by molar-refractivity contribution is 0.0505. The molecular formula is C103H146N5O10P5. The van der Waals surface area contributed by atoms with Crippen LogP contribution >= 0.6 is 42.9 Å². The molecule has 0 aliphatic rings. The zero-order valence-electron chi connectivity index (χ0n) is 79.8. The van der Waals surface area contributed by atoms with E-state index in [0.717, 1.165) is 67.0 Å². The van der Waals surface area contributed by atoms with Gasteiger partial charge in [-0.1, -0.05) is 285 Å². The molecule has 0 aromatic heterocycles. The highest BCUT2D eigenvalue weighted by molar-refractivity contribution is 7.57. The number of ether oxygens (including phenoxy) is 10. The molecule has 10 aromatic rings. The van der Waals surface area contributed by atoms with Gasteiger partial charge in [-0.25, -0.2) is 0 Å². The molecule has 15 nitrogen and oxygen atoms in total. The molecular weight excluding hydrogens is 1620 g/mol. The van der Waals surface area contributed by atoms with E-state index in [0.29, 0.717) is 42.9 Å². The van der Waals surface area contributed by atoms with Crippen LogP contribution in [0.3, 0.4) is 0 Å². The van der Waals surface area contributed by atoms with Crippen molar-refractivity contribution in [2.24, 2.45) is 0 Å². The lowest BCUT2D eigenvalue weighted by atomic mass is 9.80. The summed E-state index contributed by atoms with van der Waals surface area (Å²) in [5.41, 5.74) is 18.4. The number of hydrogen-bond acceptors (Lipinski definition) is 15. The first-order valence-corrected chi connectivity index (χ1v) is 47.0. The fraction of sp³-hybridized carbons (Fsp3) is 0.417. The van der Waals surface area contributed by atoms with Gasteiger partial charge in [0.2, 0.25) is 0 Å². The molecule has 5 unspecified atom stereocenters. The van der Waals surface area contributed by atoms with Crippen LogP contribution in [0.4, 0.5) is 0 Å². The van der Waals surface area contributed by atoms with E-state index >= 15 is 0 Å². The molecule has 0 bridgehead atoms. The van der Waals surface area contributed by atoms with E-state index in [1.165, 1.54) is 125 Å². The smallest absolute Gasteiger partial charge is 0.188 e. The predicted octanol–water partition coefficient (Wildman–Crippen LogP) is 17.5. The van der Waals surface area contributed by atoms with Crippen LogP contribution in [0, 0.1) is 41.5 Å². The van der Waals surface area contributed by atoms with E-state index in [-0.39, 0.29) is 50.2 Å². The lowest BCUT2D eigenvalue weighted by Crippen LogP contribution is -2.24. The molecule has 0 aliphatic carbocycles. The molecule has 0 aliphatic heterocycles. The molecule has 668 valence electrons. The van der Waals surface area contributed by atoms with Crippen LogP contribution in [0.2, 0.25) is 0 Å². The highest BCUT2D eigenvalue weighted by atomic mass is 31.1. The zero-order chi connectivity index (χ0) is 90.7. The monoisotopic (exact) mass is 1770 g/mol. The van der Waals surface area contributed by atoms with Crippen molar-refractivity contribution < 1.29 is 47.4 Å². The van der Waals surface area contributed by atoms with Crippen LogP contribution in [-0.2, 0) is 72.7 Å². The van der Waals surface area contributed by atoms with Crippen molar-refractivity contribution in [3.63, 3.8) is 0 Å². The molecule has 5 atom stereocenters. The van der Waals surface area contributed by atoms with Gasteiger partial charge in [-0.05, 0) is 235 Å². The largest absolute Gasteiger partial charge is 0.467 e. The van der Waals surface area contributed by atoms with Crippen molar-refractivity contribution in [3.05, 3.63) is 266 Å². The van der Waals surface area contributed by atoms with Gasteiger partial charge in [0.15, 0.2) is 34.0 Å². The molecule has 0 radical (unpaired) electrons. The molecule has 0 saturated heterocycles. The molecule has 123 heavy (non-hydrogen) atoms. The normalized spacial score (nSPS) is 12.0. The van der Waals surface area contributed by atoms with Crippen molar-refractivity contribution >= 4 is 95.9 Å². The van der Waals surface area contributed by atoms with Gasteiger partial charge in [0.25, 0.3) is 0 Å². The minimum Gasteiger partial charge on any atom is -0.467 e. The molecule has 0 spiro atoms. The SMILES string of the molecule is COCOc1c(C)cc(C(C)(C)C)cc1Pc1ccccc1CN(C)C.COCOc1c(C)cccc1Pc1ccc(C)cc1CN(C)C.COCOc1c(Pc2ccccc2CN(C)C)cc(C(C)(C)C)cc1C(C)(C)C.COCOc1ccc(C)cc1Pc1ccc(C)cc1CN(C)C.COCOc1ccccc1Pc1ccc(C)cc1CN(C)C. The average Bonchev–Trinajstić information content (AvgIpc) is 0.835. The summed E-state index contributed by atoms with van der Waals surface area (Å²) < 4.78 is 54.9. The van der Waals surface area contributed by atoms with E-state index < -0.39 is 0 Å². The first-order valence-electron chi connectivity index (χ1n) is 42.0. The lowest BCUT2D eigenvalue weighted by Gasteiger charge is -2.29. The van der Waals surface area contributed by atoms with E-state index in [1.54, 1.807) is 35.5 Å². The van der Waals surface area contributed by atoms with Gasteiger partial charge in [-0.3, -0.25) is 0 Å². The fourth-order valence-electron chi connectivity index (χ4n) is 13.4. The number of para-hydroxylation sites is 2. The Bertz CT molecular complexity index is 4820. The third-order valence-corrected chi connectivity index (χ3v) is 26.4. The maximum atomic E-state index is 6.18. The standard InChI is InChI=1S/C25H38NO2P.C22H32NO2P.2C19H26NO2P.C18H24NO2P/c1-24(2,3)19-14-20(25(4,5)6)23(28-17-27-9)22(15-19)29-21-13-11-10-12-18(21)16-26(7)8;1-16-12-18(22(2,3)4)13-20(21(16)25-15-24-7)26-19-11-9-8-10-17(19)14-23(5)6;1-14-7-9-18(16(10-14)12-20(3)4)23-19-11-15(2)6-8-17(19)22-13-21-5;1-14-9-10-17(16(11-14)12-20(3)4)23-18-8-6-7-15(2)19(18)22-13-21-5;1-14-9-10-17(15(11-14)12-19(2)3)22-18-8-6-5-7-16(18)21-13-20-4/h10-15,29H,16-17H2,1-9H3;8-13,26H,14-15H2,1-7H3;2*6-11,23H,12-13H2,1-5H3;5-11,22H,12-13H2,1-4H3. The minimum absolute atomic E-state index is 0.0211. The Balaban J connectivity index is 0.000000239. The second-order valence-corrected chi connectivity index (χ2v) is 42.3. The first kappa shape index (κ1) is 105. The Hall–Kier alpha value is -7.05. The Morgan fingerprint density at radius 3 is 0.967 bits per heavy atom. The van der Waals surface area contributed by atoms with Gasteiger partial charge in [-0.2, -0.15) is 0 Å². The summed E-state index contributed by atoms with van der Waals surface area (Å²) in [5, 5.41) is 13.0. The number of hydrogen-bond donors (Lipinski definition) is 0.